The van der Waals surface area contributed by atoms with Gasteiger partial charge >= 0.3 is 0 Å². The molecule has 0 amide bonds. The Morgan fingerprint density at radius 3 is 2.92 bits per heavy atom. The van der Waals surface area contributed by atoms with E-state index in [4.69, 9.17) is 10.5 Å². The normalized spacial score (nSPS) is 11.6. The Kier molecular flexibility index (Phi) is 8.27. The topological polar surface area (TPSA) is 72.5 Å². The van der Waals surface area contributed by atoms with E-state index in [1.54, 1.807) is 11.3 Å². The summed E-state index contributed by atoms with van der Waals surface area (Å²) in [5, 5.41) is 6.30. The fraction of sp³-hybridized carbons (Fsp3) is 0.444. The highest BCUT2D eigenvalue weighted by atomic mass is 32.1. The van der Waals surface area contributed by atoms with Crippen LogP contribution in [0.1, 0.15) is 29.6 Å². The van der Waals surface area contributed by atoms with Crippen molar-refractivity contribution in [1.29, 1.82) is 0 Å². The molecule has 0 aliphatic carbocycles. The average Bonchev–Trinajstić information content (AvgIpc) is 3.07. The number of guanidine groups is 1. The fourth-order valence-corrected chi connectivity index (χ4v) is 2.98. The quantitative estimate of drug-likeness (QED) is 0.394. The second-order valence-electron chi connectivity index (χ2n) is 5.40. The van der Waals surface area contributed by atoms with Gasteiger partial charge in [-0.05, 0) is 25.3 Å². The summed E-state index contributed by atoms with van der Waals surface area (Å²) in [6, 6.07) is 10.5. The monoisotopic (exact) mass is 346 g/mol. The van der Waals surface area contributed by atoms with Gasteiger partial charge in [0, 0.05) is 31.6 Å². The molecule has 0 saturated heterocycles. The van der Waals surface area contributed by atoms with Gasteiger partial charge in [-0.25, -0.2) is 9.98 Å². The molecule has 3 N–H and O–H groups in total. The second-order valence-corrected chi connectivity index (χ2v) is 6.34. The van der Waals surface area contributed by atoms with Crippen LogP contribution >= 0.6 is 11.3 Å². The maximum absolute atomic E-state index is 5.85. The van der Waals surface area contributed by atoms with Crippen molar-refractivity contribution in [3.8, 4) is 0 Å². The van der Waals surface area contributed by atoms with Gasteiger partial charge in [-0.3, -0.25) is 0 Å². The summed E-state index contributed by atoms with van der Waals surface area (Å²) in [5.41, 5.74) is 8.17. The number of ether oxygens (including phenoxy) is 1. The summed E-state index contributed by atoms with van der Waals surface area (Å²) in [7, 11) is 0. The van der Waals surface area contributed by atoms with Crippen LogP contribution in [0.25, 0.3) is 0 Å². The van der Waals surface area contributed by atoms with Crippen molar-refractivity contribution in [3.05, 3.63) is 52.0 Å². The van der Waals surface area contributed by atoms with E-state index in [9.17, 15) is 0 Å². The summed E-state index contributed by atoms with van der Waals surface area (Å²) in [6.07, 6.45) is 2.90. The number of nitrogens with two attached hydrogens (primary N) is 1. The molecule has 0 bridgehead atoms. The number of nitrogens with zero attached hydrogens (tertiary/aromatic N) is 2. The summed E-state index contributed by atoms with van der Waals surface area (Å²) in [6.45, 7) is 4.78. The number of rotatable bonds is 10. The molecule has 0 aliphatic heterocycles. The summed E-state index contributed by atoms with van der Waals surface area (Å²) >= 11 is 1.69. The van der Waals surface area contributed by atoms with Gasteiger partial charge in [-0.2, -0.15) is 0 Å². The molecule has 0 fully saturated rings. The van der Waals surface area contributed by atoms with Crippen LogP contribution in [0, 0.1) is 0 Å². The summed E-state index contributed by atoms with van der Waals surface area (Å²) in [5.74, 6) is 0.463. The van der Waals surface area contributed by atoms with Crippen molar-refractivity contribution < 1.29 is 4.74 Å². The minimum Gasteiger partial charge on any atom is -0.382 e. The van der Waals surface area contributed by atoms with Crippen LogP contribution in [-0.2, 0) is 24.1 Å². The predicted octanol–water partition coefficient (Wildman–Crippen LogP) is 2.76. The lowest BCUT2D eigenvalue weighted by Gasteiger charge is -2.05. The summed E-state index contributed by atoms with van der Waals surface area (Å²) < 4.78 is 5.27. The lowest BCUT2D eigenvalue weighted by molar-refractivity contribution is 0.145. The molecule has 0 atom stereocenters. The Labute approximate surface area is 148 Å². The summed E-state index contributed by atoms with van der Waals surface area (Å²) in [4.78, 5) is 8.96. The first-order valence-corrected chi connectivity index (χ1v) is 9.24. The van der Waals surface area contributed by atoms with Crippen molar-refractivity contribution in [2.45, 2.75) is 32.7 Å². The molecule has 1 aromatic carbocycles. The van der Waals surface area contributed by atoms with Crippen molar-refractivity contribution in [2.75, 3.05) is 19.8 Å². The number of aryl methyl sites for hydroxylation is 2. The smallest absolute Gasteiger partial charge is 0.188 e. The number of aromatic nitrogens is 1. The highest BCUT2D eigenvalue weighted by Gasteiger charge is 2.03. The van der Waals surface area contributed by atoms with Crippen LogP contribution in [0.2, 0.25) is 0 Å². The van der Waals surface area contributed by atoms with Crippen molar-refractivity contribution in [1.82, 2.24) is 10.3 Å². The van der Waals surface area contributed by atoms with Crippen LogP contribution < -0.4 is 11.1 Å². The third-order valence-electron chi connectivity index (χ3n) is 3.46. The predicted molar refractivity (Wildman–Crippen MR) is 100 cm³/mol. The lowest BCUT2D eigenvalue weighted by Crippen LogP contribution is -2.32. The van der Waals surface area contributed by atoms with Gasteiger partial charge < -0.3 is 15.8 Å². The molecule has 24 heavy (non-hydrogen) atoms. The zero-order chi connectivity index (χ0) is 17.0. The molecule has 2 rings (SSSR count). The molecule has 0 radical (unpaired) electrons. The molecule has 0 saturated carbocycles. The minimum atomic E-state index is 0.463. The number of hydrogen-bond donors (Lipinski definition) is 2. The largest absolute Gasteiger partial charge is 0.382 e. The average molecular weight is 346 g/mol. The number of aliphatic imine (C=N–C) groups is 1. The number of hydrogen-bond acceptors (Lipinski definition) is 4. The highest BCUT2D eigenvalue weighted by Crippen LogP contribution is 2.13. The zero-order valence-electron chi connectivity index (χ0n) is 14.2. The maximum Gasteiger partial charge on any atom is 0.188 e. The van der Waals surface area contributed by atoms with Crippen molar-refractivity contribution in [2.24, 2.45) is 10.7 Å². The van der Waals surface area contributed by atoms with Crippen LogP contribution in [0.5, 0.6) is 0 Å². The molecule has 1 aromatic heterocycles. The molecule has 0 unspecified atom stereocenters. The van der Waals surface area contributed by atoms with Gasteiger partial charge in [0.1, 0.15) is 0 Å². The van der Waals surface area contributed by atoms with Crippen molar-refractivity contribution >= 4 is 17.3 Å². The minimum absolute atomic E-state index is 0.463. The molecule has 2 aromatic rings. The molecule has 5 nitrogen and oxygen atoms in total. The number of benzene rings is 1. The lowest BCUT2D eigenvalue weighted by atomic mass is 10.1. The Morgan fingerprint density at radius 1 is 1.29 bits per heavy atom. The number of thiazole rings is 1. The van der Waals surface area contributed by atoms with E-state index in [2.05, 4.69) is 44.9 Å². The maximum atomic E-state index is 5.85. The fourth-order valence-electron chi connectivity index (χ4n) is 2.19. The highest BCUT2D eigenvalue weighted by molar-refractivity contribution is 7.09. The molecular weight excluding hydrogens is 320 g/mol. The van der Waals surface area contributed by atoms with Gasteiger partial charge in [0.05, 0.1) is 17.2 Å². The van der Waals surface area contributed by atoms with E-state index in [-0.39, 0.29) is 0 Å². The molecule has 1 heterocycles. The molecule has 0 spiro atoms. The first-order chi connectivity index (χ1) is 11.8. The van der Waals surface area contributed by atoms with E-state index in [1.807, 2.05) is 13.0 Å². The van der Waals surface area contributed by atoms with Crippen LogP contribution in [-0.4, -0.2) is 30.7 Å². The zero-order valence-corrected chi connectivity index (χ0v) is 15.0. The van der Waals surface area contributed by atoms with Crippen LogP contribution in [0.4, 0.5) is 0 Å². The van der Waals surface area contributed by atoms with E-state index in [1.165, 1.54) is 5.56 Å². The molecular formula is C18H26N4OS. The van der Waals surface area contributed by atoms with Gasteiger partial charge in [0.25, 0.3) is 0 Å². The van der Waals surface area contributed by atoms with Gasteiger partial charge in [-0.15, -0.1) is 11.3 Å². The Hall–Kier alpha value is -1.92. The van der Waals surface area contributed by atoms with E-state index >= 15 is 0 Å². The molecule has 6 heteroatoms. The van der Waals surface area contributed by atoms with E-state index < -0.39 is 0 Å². The third kappa shape index (κ3) is 7.10. The Bertz CT molecular complexity index is 612. The van der Waals surface area contributed by atoms with Crippen molar-refractivity contribution in [3.63, 3.8) is 0 Å². The van der Waals surface area contributed by atoms with Crippen LogP contribution in [0.3, 0.4) is 0 Å². The van der Waals surface area contributed by atoms with Crippen LogP contribution in [0.15, 0.2) is 40.7 Å². The first kappa shape index (κ1) is 18.4. The second kappa shape index (κ2) is 10.8. The molecule has 0 aliphatic rings. The van der Waals surface area contributed by atoms with Gasteiger partial charge in [0.15, 0.2) is 5.96 Å². The van der Waals surface area contributed by atoms with Gasteiger partial charge in [-0.1, -0.05) is 30.3 Å². The SMILES string of the molecule is CCOCCCNC(N)=NCc1csc(CCc2ccccc2)n1. The number of nitrogens with one attached hydrogen (secondary N) is 1. The Morgan fingerprint density at radius 2 is 2.12 bits per heavy atom. The molecule has 130 valence electrons. The van der Waals surface area contributed by atoms with E-state index in [0.717, 1.165) is 49.7 Å². The third-order valence-corrected chi connectivity index (χ3v) is 4.41. The van der Waals surface area contributed by atoms with E-state index in [0.29, 0.717) is 12.5 Å². The van der Waals surface area contributed by atoms with Gasteiger partial charge in [0.2, 0.25) is 0 Å². The first-order valence-electron chi connectivity index (χ1n) is 8.36. The standard InChI is InChI=1S/C18H26N4OS/c1-2-23-12-6-11-20-18(19)21-13-16-14-24-17(22-16)10-9-15-7-4-3-5-8-15/h3-5,7-8,14H,2,6,9-13H2,1H3,(H3,19,20,21). The Balaban J connectivity index is 1.69.